The third-order valence-electron chi connectivity index (χ3n) is 3.31. The maximum absolute atomic E-state index is 3.67. The van der Waals surface area contributed by atoms with Crippen molar-refractivity contribution >= 4 is 9.68 Å². The molecule has 2 nitrogen and oxygen atoms in total. The minimum absolute atomic E-state index is 0.0759. The molecule has 86 valence electrons. The highest BCUT2D eigenvalue weighted by Gasteiger charge is 2.10. The summed E-state index contributed by atoms with van der Waals surface area (Å²) in [5.74, 6) is 0.894. The minimum atomic E-state index is -0.0759. The lowest BCUT2D eigenvalue weighted by Crippen LogP contribution is -2.37. The Morgan fingerprint density at radius 3 is 2.14 bits per heavy atom. The molecule has 3 heteroatoms. The van der Waals surface area contributed by atoms with Gasteiger partial charge in [-0.1, -0.05) is 41.0 Å². The highest BCUT2D eigenvalue weighted by atomic mass is 28.2. The van der Waals surface area contributed by atoms with Crippen LogP contribution in [0, 0.1) is 5.92 Å². The second kappa shape index (κ2) is 8.45. The second-order valence-electron chi connectivity index (χ2n) is 4.28. The molecule has 1 N–H and O–H groups in total. The fraction of sp³-hybridized carbons (Fsp3) is 1.00. The van der Waals surface area contributed by atoms with Gasteiger partial charge in [-0.3, -0.25) is 4.90 Å². The van der Waals surface area contributed by atoms with Crippen molar-refractivity contribution in [3.8, 4) is 0 Å². The third kappa shape index (κ3) is 5.78. The summed E-state index contributed by atoms with van der Waals surface area (Å²) in [5.41, 5.74) is 0.926. The predicted octanol–water partition coefficient (Wildman–Crippen LogP) is 1.81. The van der Waals surface area contributed by atoms with Crippen molar-refractivity contribution in [2.24, 2.45) is 5.92 Å². The van der Waals surface area contributed by atoms with E-state index in [0.717, 1.165) is 31.2 Å². The average Bonchev–Trinajstić information content (AvgIpc) is 2.22. The average molecular weight is 216 g/mol. The van der Waals surface area contributed by atoms with E-state index in [0.29, 0.717) is 0 Å². The zero-order chi connectivity index (χ0) is 11.0. The number of nitrogens with one attached hydrogen (secondary N) is 1. The summed E-state index contributed by atoms with van der Waals surface area (Å²) in [6.45, 7) is 14.9. The van der Waals surface area contributed by atoms with E-state index in [1.807, 2.05) is 0 Å². The molecule has 2 unspecified atom stereocenters. The summed E-state index contributed by atoms with van der Waals surface area (Å²) < 4.78 is 0. The van der Waals surface area contributed by atoms with Gasteiger partial charge in [-0.2, -0.15) is 0 Å². The molecule has 0 amide bonds. The van der Waals surface area contributed by atoms with Crippen LogP contribution in [0.25, 0.3) is 0 Å². The van der Waals surface area contributed by atoms with Crippen molar-refractivity contribution in [1.29, 1.82) is 0 Å². The van der Waals surface area contributed by atoms with Crippen LogP contribution in [0.3, 0.4) is 0 Å². The van der Waals surface area contributed by atoms with E-state index in [4.69, 9.17) is 0 Å². The van der Waals surface area contributed by atoms with Crippen LogP contribution in [-0.2, 0) is 0 Å². The van der Waals surface area contributed by atoms with Crippen LogP contribution in [-0.4, -0.2) is 34.3 Å². The standard InChI is InChI=1S/C11H28N2Si/c1-6-10(4)11(5)14-12-9-13(7-2)8-3/h10-12H,6-9,14H2,1-5H3. The molecular formula is C11H28N2Si. The van der Waals surface area contributed by atoms with Gasteiger partial charge in [-0.25, -0.2) is 0 Å². The van der Waals surface area contributed by atoms with E-state index in [-0.39, 0.29) is 9.68 Å². The fourth-order valence-electron chi connectivity index (χ4n) is 1.50. The van der Waals surface area contributed by atoms with Crippen LogP contribution in [0.2, 0.25) is 5.54 Å². The highest BCUT2D eigenvalue weighted by Crippen LogP contribution is 2.17. The molecule has 14 heavy (non-hydrogen) atoms. The first kappa shape index (κ1) is 14.1. The Kier molecular flexibility index (Phi) is 8.53. The predicted molar refractivity (Wildman–Crippen MR) is 68.3 cm³/mol. The van der Waals surface area contributed by atoms with Gasteiger partial charge in [0.1, 0.15) is 0 Å². The topological polar surface area (TPSA) is 15.3 Å². The Labute approximate surface area is 92.4 Å². The maximum atomic E-state index is 3.67. The SMILES string of the molecule is CCC(C)C(C)[SiH2]NCN(CC)CC. The van der Waals surface area contributed by atoms with Gasteiger partial charge in [0.25, 0.3) is 0 Å². The monoisotopic (exact) mass is 216 g/mol. The molecule has 0 saturated heterocycles. The van der Waals surface area contributed by atoms with Gasteiger partial charge in [-0.05, 0) is 24.5 Å². The summed E-state index contributed by atoms with van der Waals surface area (Å²) >= 11 is 0. The van der Waals surface area contributed by atoms with Gasteiger partial charge in [0.05, 0.1) is 9.68 Å². The quantitative estimate of drug-likeness (QED) is 0.492. The fourth-order valence-corrected chi connectivity index (χ4v) is 3.14. The van der Waals surface area contributed by atoms with Crippen molar-refractivity contribution in [2.75, 3.05) is 19.8 Å². The zero-order valence-corrected chi connectivity index (χ0v) is 12.1. The maximum Gasteiger partial charge on any atom is 0.0961 e. The first-order valence-electron chi connectivity index (χ1n) is 6.08. The molecule has 0 heterocycles. The van der Waals surface area contributed by atoms with Gasteiger partial charge in [0.15, 0.2) is 0 Å². The lowest BCUT2D eigenvalue weighted by Gasteiger charge is -2.22. The molecule has 0 aliphatic carbocycles. The highest BCUT2D eigenvalue weighted by molar-refractivity contribution is 6.34. The summed E-state index contributed by atoms with van der Waals surface area (Å²) in [6, 6.07) is 0. The molecule has 0 aromatic rings. The Morgan fingerprint density at radius 2 is 1.71 bits per heavy atom. The number of rotatable bonds is 8. The van der Waals surface area contributed by atoms with Crippen LogP contribution in [0.15, 0.2) is 0 Å². The van der Waals surface area contributed by atoms with Crippen LogP contribution >= 0.6 is 0 Å². The third-order valence-corrected chi connectivity index (χ3v) is 5.27. The van der Waals surface area contributed by atoms with Gasteiger partial charge in [0.2, 0.25) is 0 Å². The molecule has 0 aromatic carbocycles. The van der Waals surface area contributed by atoms with E-state index in [2.05, 4.69) is 44.5 Å². The van der Waals surface area contributed by atoms with E-state index >= 15 is 0 Å². The first-order chi connectivity index (χ1) is 6.65. The minimum Gasteiger partial charge on any atom is -0.330 e. The lowest BCUT2D eigenvalue weighted by atomic mass is 10.1. The van der Waals surface area contributed by atoms with E-state index in [1.54, 1.807) is 0 Å². The molecule has 0 aliphatic heterocycles. The van der Waals surface area contributed by atoms with Crippen molar-refractivity contribution in [3.63, 3.8) is 0 Å². The molecule has 0 fully saturated rings. The molecule has 0 radical (unpaired) electrons. The second-order valence-corrected chi connectivity index (χ2v) is 6.47. The zero-order valence-electron chi connectivity index (χ0n) is 10.6. The summed E-state index contributed by atoms with van der Waals surface area (Å²) in [4.78, 5) is 6.11. The summed E-state index contributed by atoms with van der Waals surface area (Å²) in [7, 11) is -0.0759. The van der Waals surface area contributed by atoms with Crippen molar-refractivity contribution in [3.05, 3.63) is 0 Å². The first-order valence-corrected chi connectivity index (χ1v) is 7.61. The van der Waals surface area contributed by atoms with E-state index < -0.39 is 0 Å². The lowest BCUT2D eigenvalue weighted by molar-refractivity contribution is 0.300. The largest absolute Gasteiger partial charge is 0.330 e. The molecule has 0 spiro atoms. The van der Waals surface area contributed by atoms with Gasteiger partial charge in [0, 0.05) is 6.67 Å². The Morgan fingerprint density at radius 1 is 1.14 bits per heavy atom. The van der Waals surface area contributed by atoms with Crippen LogP contribution in [0.5, 0.6) is 0 Å². The van der Waals surface area contributed by atoms with Crippen molar-refractivity contribution in [2.45, 2.75) is 46.6 Å². The number of nitrogens with zero attached hydrogens (tertiary/aromatic N) is 1. The number of hydrogen-bond donors (Lipinski definition) is 1. The summed E-state index contributed by atoms with van der Waals surface area (Å²) in [5, 5.41) is 0. The smallest absolute Gasteiger partial charge is 0.0961 e. The van der Waals surface area contributed by atoms with Crippen LogP contribution in [0.4, 0.5) is 0 Å². The van der Waals surface area contributed by atoms with E-state index in [1.165, 1.54) is 6.42 Å². The normalized spacial score (nSPS) is 16.7. The molecule has 0 aliphatic rings. The molecule has 2 atom stereocenters. The van der Waals surface area contributed by atoms with Crippen molar-refractivity contribution in [1.82, 2.24) is 9.88 Å². The Hall–Kier alpha value is 0.137. The summed E-state index contributed by atoms with van der Waals surface area (Å²) in [6.07, 6.45) is 1.32. The molecule has 0 saturated carbocycles. The van der Waals surface area contributed by atoms with E-state index in [9.17, 15) is 0 Å². The van der Waals surface area contributed by atoms with Gasteiger partial charge in [-0.15, -0.1) is 0 Å². The van der Waals surface area contributed by atoms with Crippen molar-refractivity contribution < 1.29 is 0 Å². The van der Waals surface area contributed by atoms with Gasteiger partial charge < -0.3 is 4.98 Å². The molecular weight excluding hydrogens is 188 g/mol. The van der Waals surface area contributed by atoms with Crippen LogP contribution < -0.4 is 4.98 Å². The Bertz CT molecular complexity index is 126. The Balaban J connectivity index is 3.52. The molecule has 0 bridgehead atoms. The molecule has 0 aromatic heterocycles. The van der Waals surface area contributed by atoms with Gasteiger partial charge >= 0.3 is 0 Å². The van der Waals surface area contributed by atoms with Crippen LogP contribution in [0.1, 0.15) is 41.0 Å². The molecule has 0 rings (SSSR count). The number of hydrogen-bond acceptors (Lipinski definition) is 2.